The van der Waals surface area contributed by atoms with Crippen LogP contribution in [0.2, 0.25) is 0 Å². The summed E-state index contributed by atoms with van der Waals surface area (Å²) in [6.07, 6.45) is 5.59. The van der Waals surface area contributed by atoms with Crippen LogP contribution >= 0.6 is 0 Å². The van der Waals surface area contributed by atoms with Gasteiger partial charge in [-0.3, -0.25) is 4.99 Å². The fourth-order valence-electron chi connectivity index (χ4n) is 2.67. The number of nitrogens with zero attached hydrogens (tertiary/aromatic N) is 1. The van der Waals surface area contributed by atoms with Gasteiger partial charge in [0.2, 0.25) is 0 Å². The topological polar surface area (TPSA) is 33.6 Å². The molecule has 0 spiro atoms. The highest BCUT2D eigenvalue weighted by molar-refractivity contribution is 5.99. The molecule has 0 saturated heterocycles. The highest BCUT2D eigenvalue weighted by Crippen LogP contribution is 2.22. The van der Waals surface area contributed by atoms with Crippen LogP contribution in [0.1, 0.15) is 36.8 Å². The zero-order chi connectivity index (χ0) is 12.2. The third-order valence-corrected chi connectivity index (χ3v) is 3.66. The average molecular weight is 244 g/mol. The summed E-state index contributed by atoms with van der Waals surface area (Å²) in [5.41, 5.74) is 2.43. The number of ether oxygens (including phenoxy) is 1. The number of nitrogens with one attached hydrogen (secondary N) is 1. The molecule has 1 fully saturated rings. The van der Waals surface area contributed by atoms with Gasteiger partial charge in [-0.25, -0.2) is 0 Å². The van der Waals surface area contributed by atoms with E-state index in [1.54, 1.807) is 0 Å². The Morgan fingerprint density at radius 1 is 1.28 bits per heavy atom. The van der Waals surface area contributed by atoms with Gasteiger partial charge in [-0.05, 0) is 24.5 Å². The molecule has 0 atom stereocenters. The zero-order valence-electron chi connectivity index (χ0n) is 10.7. The van der Waals surface area contributed by atoms with Crippen molar-refractivity contribution in [3.8, 4) is 0 Å². The second kappa shape index (κ2) is 5.53. The van der Waals surface area contributed by atoms with E-state index < -0.39 is 0 Å². The third-order valence-electron chi connectivity index (χ3n) is 3.66. The Morgan fingerprint density at radius 3 is 2.94 bits per heavy atom. The summed E-state index contributed by atoms with van der Waals surface area (Å²) in [6.45, 7) is 2.57. The van der Waals surface area contributed by atoms with E-state index in [4.69, 9.17) is 4.74 Å². The van der Waals surface area contributed by atoms with Crippen molar-refractivity contribution in [2.75, 3.05) is 13.1 Å². The number of benzene rings is 1. The van der Waals surface area contributed by atoms with Crippen molar-refractivity contribution in [1.29, 1.82) is 0 Å². The summed E-state index contributed by atoms with van der Waals surface area (Å²) in [5.74, 6) is 1.03. The van der Waals surface area contributed by atoms with E-state index in [1.165, 1.54) is 36.8 Å². The summed E-state index contributed by atoms with van der Waals surface area (Å²) < 4.78 is 5.95. The van der Waals surface area contributed by atoms with Crippen LogP contribution < -0.4 is 5.32 Å². The molecule has 1 aliphatic carbocycles. The number of amidine groups is 1. The molecule has 96 valence electrons. The Balaban J connectivity index is 1.63. The summed E-state index contributed by atoms with van der Waals surface area (Å²) in [7, 11) is 0. The molecule has 18 heavy (non-hydrogen) atoms. The molecular formula is C15H20N2O. The minimum atomic E-state index is 0.482. The zero-order valence-corrected chi connectivity index (χ0v) is 10.7. The summed E-state index contributed by atoms with van der Waals surface area (Å²) in [4.78, 5) is 4.45. The molecule has 3 heteroatoms. The van der Waals surface area contributed by atoms with Crippen molar-refractivity contribution in [2.45, 2.75) is 38.4 Å². The van der Waals surface area contributed by atoms with Crippen LogP contribution in [0.5, 0.6) is 0 Å². The van der Waals surface area contributed by atoms with Crippen LogP contribution in [-0.2, 0) is 11.3 Å². The number of aliphatic imine (C=N–C) groups is 1. The van der Waals surface area contributed by atoms with Gasteiger partial charge in [0.15, 0.2) is 0 Å². The van der Waals surface area contributed by atoms with Crippen LogP contribution in [0.3, 0.4) is 0 Å². The quantitative estimate of drug-likeness (QED) is 0.883. The lowest BCUT2D eigenvalue weighted by molar-refractivity contribution is 0.0457. The van der Waals surface area contributed by atoms with E-state index in [-0.39, 0.29) is 0 Å². The fourth-order valence-corrected chi connectivity index (χ4v) is 2.67. The van der Waals surface area contributed by atoms with E-state index in [0.29, 0.717) is 6.10 Å². The van der Waals surface area contributed by atoms with Crippen molar-refractivity contribution in [1.82, 2.24) is 5.32 Å². The third kappa shape index (κ3) is 2.72. The molecule has 2 aliphatic rings. The van der Waals surface area contributed by atoms with Crippen molar-refractivity contribution >= 4 is 5.84 Å². The van der Waals surface area contributed by atoms with Crippen molar-refractivity contribution in [2.24, 2.45) is 4.99 Å². The highest BCUT2D eigenvalue weighted by atomic mass is 16.5. The van der Waals surface area contributed by atoms with Gasteiger partial charge in [0.25, 0.3) is 0 Å². The van der Waals surface area contributed by atoms with Crippen LogP contribution in [0.4, 0.5) is 0 Å². The molecule has 0 aromatic heterocycles. The van der Waals surface area contributed by atoms with E-state index in [9.17, 15) is 0 Å². The Bertz CT molecular complexity index is 436. The van der Waals surface area contributed by atoms with Crippen LogP contribution in [0, 0.1) is 0 Å². The van der Waals surface area contributed by atoms with E-state index in [2.05, 4.69) is 34.6 Å². The van der Waals surface area contributed by atoms with Gasteiger partial charge >= 0.3 is 0 Å². The standard InChI is InChI=1S/C15H20N2O/c1-2-7-14(6-1)18-11-12-4-3-5-13(10-12)15-16-8-9-17-15/h3-5,10,14H,1-2,6-9,11H2,(H,16,17). The Labute approximate surface area is 108 Å². The monoisotopic (exact) mass is 244 g/mol. The molecule has 1 N–H and O–H groups in total. The summed E-state index contributed by atoms with van der Waals surface area (Å²) in [5, 5.41) is 3.31. The largest absolute Gasteiger partial charge is 0.374 e. The molecule has 0 amide bonds. The lowest BCUT2D eigenvalue weighted by Crippen LogP contribution is -2.19. The normalized spacial score (nSPS) is 19.9. The first-order chi connectivity index (χ1) is 8.92. The van der Waals surface area contributed by atoms with Crippen molar-refractivity contribution in [3.63, 3.8) is 0 Å². The summed E-state index contributed by atoms with van der Waals surface area (Å²) >= 11 is 0. The van der Waals surface area contributed by atoms with Crippen molar-refractivity contribution in [3.05, 3.63) is 35.4 Å². The van der Waals surface area contributed by atoms with Gasteiger partial charge in [0, 0.05) is 12.1 Å². The van der Waals surface area contributed by atoms with Crippen molar-refractivity contribution < 1.29 is 4.74 Å². The smallest absolute Gasteiger partial charge is 0.128 e. The SMILES string of the molecule is c1cc(COC2CCCC2)cc(C2=NCCN2)c1. The molecule has 1 heterocycles. The van der Waals surface area contributed by atoms with Gasteiger partial charge < -0.3 is 10.1 Å². The van der Waals surface area contributed by atoms with Gasteiger partial charge in [-0.1, -0.05) is 31.0 Å². The van der Waals surface area contributed by atoms with E-state index in [0.717, 1.165) is 25.5 Å². The first-order valence-corrected chi connectivity index (χ1v) is 6.91. The second-order valence-corrected chi connectivity index (χ2v) is 5.07. The predicted molar refractivity (Wildman–Crippen MR) is 72.9 cm³/mol. The van der Waals surface area contributed by atoms with E-state index >= 15 is 0 Å². The molecule has 3 nitrogen and oxygen atoms in total. The molecular weight excluding hydrogens is 224 g/mol. The molecule has 1 aliphatic heterocycles. The Hall–Kier alpha value is -1.35. The maximum Gasteiger partial charge on any atom is 0.128 e. The predicted octanol–water partition coefficient (Wildman–Crippen LogP) is 2.50. The lowest BCUT2D eigenvalue weighted by Gasteiger charge is -2.11. The molecule has 0 bridgehead atoms. The Morgan fingerprint density at radius 2 is 2.17 bits per heavy atom. The molecule has 0 radical (unpaired) electrons. The number of hydrogen-bond acceptors (Lipinski definition) is 3. The van der Waals surface area contributed by atoms with Gasteiger partial charge in [-0.15, -0.1) is 0 Å². The van der Waals surface area contributed by atoms with Crippen LogP contribution in [-0.4, -0.2) is 25.0 Å². The van der Waals surface area contributed by atoms with E-state index in [1.807, 2.05) is 0 Å². The molecule has 1 aromatic carbocycles. The first-order valence-electron chi connectivity index (χ1n) is 6.91. The lowest BCUT2D eigenvalue weighted by atomic mass is 10.1. The molecule has 0 unspecified atom stereocenters. The number of hydrogen-bond donors (Lipinski definition) is 1. The summed E-state index contributed by atoms with van der Waals surface area (Å²) in [6, 6.07) is 8.52. The maximum atomic E-state index is 5.95. The van der Waals surface area contributed by atoms with Gasteiger partial charge in [0.1, 0.15) is 5.84 Å². The van der Waals surface area contributed by atoms with Gasteiger partial charge in [-0.2, -0.15) is 0 Å². The Kier molecular flexibility index (Phi) is 3.60. The van der Waals surface area contributed by atoms with Crippen LogP contribution in [0.25, 0.3) is 0 Å². The highest BCUT2D eigenvalue weighted by Gasteiger charge is 2.15. The minimum absolute atomic E-state index is 0.482. The van der Waals surface area contributed by atoms with Crippen LogP contribution in [0.15, 0.2) is 29.3 Å². The second-order valence-electron chi connectivity index (χ2n) is 5.07. The number of rotatable bonds is 4. The minimum Gasteiger partial charge on any atom is -0.374 e. The molecule has 1 saturated carbocycles. The molecule has 1 aromatic rings. The van der Waals surface area contributed by atoms with Gasteiger partial charge in [0.05, 0.1) is 19.3 Å². The fraction of sp³-hybridized carbons (Fsp3) is 0.533. The average Bonchev–Trinajstić information content (AvgIpc) is 3.10. The molecule has 3 rings (SSSR count). The maximum absolute atomic E-state index is 5.95. The first kappa shape index (κ1) is 11.7.